The fourth-order valence-electron chi connectivity index (χ4n) is 1.88. The van der Waals surface area contributed by atoms with E-state index in [9.17, 15) is 10.1 Å². The fourth-order valence-corrected chi connectivity index (χ4v) is 2.05. The topological polar surface area (TPSA) is 81.2 Å². The van der Waals surface area contributed by atoms with E-state index in [-0.39, 0.29) is 11.2 Å². The Kier molecular flexibility index (Phi) is 3.22. The molecule has 0 saturated heterocycles. The quantitative estimate of drug-likeness (QED) is 0.640. The monoisotopic (exact) mass is 255 g/mol. The van der Waals surface area contributed by atoms with Crippen LogP contribution < -0.4 is 11.1 Å². The van der Waals surface area contributed by atoms with E-state index in [1.807, 2.05) is 0 Å². The van der Waals surface area contributed by atoms with Crippen molar-refractivity contribution in [1.82, 2.24) is 0 Å². The number of rotatable bonds is 4. The lowest BCUT2D eigenvalue weighted by Crippen LogP contribution is -2.52. The number of nitro benzene ring substituents is 1. The third kappa shape index (κ3) is 2.68. The van der Waals surface area contributed by atoms with E-state index in [0.29, 0.717) is 17.3 Å². The Labute approximate surface area is 104 Å². The van der Waals surface area contributed by atoms with Crippen molar-refractivity contribution in [2.45, 2.75) is 24.8 Å². The number of halogens is 1. The molecule has 1 fully saturated rings. The number of nitrogens with zero attached hydrogens (tertiary/aromatic N) is 1. The largest absolute Gasteiger partial charge is 0.378 e. The predicted octanol–water partition coefficient (Wildman–Crippen LogP) is 2.54. The normalized spacial score (nSPS) is 17.3. The van der Waals surface area contributed by atoms with Gasteiger partial charge in [0.25, 0.3) is 5.69 Å². The van der Waals surface area contributed by atoms with Gasteiger partial charge >= 0.3 is 0 Å². The second kappa shape index (κ2) is 4.50. The first-order chi connectivity index (χ1) is 8.00. The third-order valence-corrected chi connectivity index (χ3v) is 3.37. The number of benzene rings is 1. The highest BCUT2D eigenvalue weighted by Crippen LogP contribution is 2.32. The van der Waals surface area contributed by atoms with E-state index in [2.05, 4.69) is 5.32 Å². The molecule has 2 rings (SSSR count). The van der Waals surface area contributed by atoms with E-state index in [1.165, 1.54) is 6.07 Å². The average Bonchev–Trinajstić information content (AvgIpc) is 2.24. The molecule has 0 bridgehead atoms. The summed E-state index contributed by atoms with van der Waals surface area (Å²) in [5, 5.41) is 14.3. The fraction of sp³-hybridized carbons (Fsp3) is 0.455. The Morgan fingerprint density at radius 2 is 2.24 bits per heavy atom. The Morgan fingerprint density at radius 1 is 1.53 bits per heavy atom. The molecule has 0 radical (unpaired) electrons. The number of nitro groups is 1. The maximum atomic E-state index is 10.9. The van der Waals surface area contributed by atoms with Crippen molar-refractivity contribution in [2.75, 3.05) is 11.9 Å². The molecule has 92 valence electrons. The van der Waals surface area contributed by atoms with Gasteiger partial charge in [0, 0.05) is 23.2 Å². The van der Waals surface area contributed by atoms with Gasteiger partial charge in [0.05, 0.1) is 4.92 Å². The Bertz CT molecular complexity index is 446. The molecule has 0 unspecified atom stereocenters. The number of hydrogen-bond acceptors (Lipinski definition) is 4. The zero-order valence-electron chi connectivity index (χ0n) is 9.28. The van der Waals surface area contributed by atoms with Crippen molar-refractivity contribution in [3.05, 3.63) is 33.3 Å². The van der Waals surface area contributed by atoms with Gasteiger partial charge in [0.2, 0.25) is 0 Å². The van der Waals surface area contributed by atoms with Crippen molar-refractivity contribution < 1.29 is 4.92 Å². The van der Waals surface area contributed by atoms with Crippen LogP contribution in [0.15, 0.2) is 18.2 Å². The highest BCUT2D eigenvalue weighted by atomic mass is 35.5. The molecule has 0 aliphatic heterocycles. The van der Waals surface area contributed by atoms with Gasteiger partial charge in [-0.25, -0.2) is 0 Å². The number of nitrogens with two attached hydrogens (primary N) is 1. The molecule has 0 atom stereocenters. The third-order valence-electron chi connectivity index (χ3n) is 3.14. The summed E-state index contributed by atoms with van der Waals surface area (Å²) in [6.45, 7) is 0.551. The van der Waals surface area contributed by atoms with Gasteiger partial charge in [0.1, 0.15) is 5.69 Å². The van der Waals surface area contributed by atoms with Gasteiger partial charge in [-0.05, 0) is 31.4 Å². The first kappa shape index (κ1) is 12.1. The maximum Gasteiger partial charge on any atom is 0.293 e. The van der Waals surface area contributed by atoms with Crippen molar-refractivity contribution in [2.24, 2.45) is 5.73 Å². The highest BCUT2D eigenvalue weighted by molar-refractivity contribution is 6.30. The van der Waals surface area contributed by atoms with Gasteiger partial charge in [-0.15, -0.1) is 0 Å². The predicted molar refractivity (Wildman–Crippen MR) is 67.4 cm³/mol. The van der Waals surface area contributed by atoms with Gasteiger partial charge in [-0.3, -0.25) is 10.1 Å². The lowest BCUT2D eigenvalue weighted by molar-refractivity contribution is -0.383. The van der Waals surface area contributed by atoms with E-state index in [1.54, 1.807) is 12.1 Å². The maximum absolute atomic E-state index is 10.9. The summed E-state index contributed by atoms with van der Waals surface area (Å²) < 4.78 is 0. The van der Waals surface area contributed by atoms with Crippen molar-refractivity contribution >= 4 is 23.0 Å². The molecule has 17 heavy (non-hydrogen) atoms. The summed E-state index contributed by atoms with van der Waals surface area (Å²) in [4.78, 5) is 10.4. The van der Waals surface area contributed by atoms with Crippen LogP contribution in [0.1, 0.15) is 19.3 Å². The molecule has 1 saturated carbocycles. The molecule has 0 heterocycles. The minimum absolute atomic E-state index is 0.0135. The highest BCUT2D eigenvalue weighted by Gasteiger charge is 2.32. The number of hydrogen-bond donors (Lipinski definition) is 2. The molecule has 6 heteroatoms. The molecule has 0 aromatic heterocycles. The van der Waals surface area contributed by atoms with E-state index in [0.717, 1.165) is 19.3 Å². The van der Waals surface area contributed by atoms with Crippen LogP contribution in [0.25, 0.3) is 0 Å². The summed E-state index contributed by atoms with van der Waals surface area (Å²) in [7, 11) is 0. The van der Waals surface area contributed by atoms with Crippen LogP contribution >= 0.6 is 11.6 Å². The van der Waals surface area contributed by atoms with Crippen molar-refractivity contribution in [3.8, 4) is 0 Å². The zero-order valence-corrected chi connectivity index (χ0v) is 10.0. The van der Waals surface area contributed by atoms with Crippen molar-refractivity contribution in [3.63, 3.8) is 0 Å². The van der Waals surface area contributed by atoms with E-state index in [4.69, 9.17) is 17.3 Å². The number of nitrogens with one attached hydrogen (secondary N) is 1. The number of anilines is 1. The molecule has 1 aliphatic rings. The molecular weight excluding hydrogens is 242 g/mol. The minimum atomic E-state index is -0.446. The van der Waals surface area contributed by atoms with Crippen LogP contribution in [0.3, 0.4) is 0 Å². The minimum Gasteiger partial charge on any atom is -0.378 e. The standard InChI is InChI=1S/C11H14ClN3O2/c12-8-2-3-9(10(6-8)15(16)17)14-7-11(13)4-1-5-11/h2-3,6,14H,1,4-5,7,13H2. The lowest BCUT2D eigenvalue weighted by atomic mass is 9.78. The Hall–Kier alpha value is -1.33. The van der Waals surface area contributed by atoms with Crippen LogP contribution in [0, 0.1) is 10.1 Å². The smallest absolute Gasteiger partial charge is 0.293 e. The van der Waals surface area contributed by atoms with E-state index >= 15 is 0 Å². The average molecular weight is 256 g/mol. The summed E-state index contributed by atoms with van der Waals surface area (Å²) in [6.07, 6.45) is 3.05. The van der Waals surface area contributed by atoms with E-state index < -0.39 is 4.92 Å². The summed E-state index contributed by atoms with van der Waals surface area (Å²) in [6, 6.07) is 4.58. The molecule has 1 aromatic rings. The van der Waals surface area contributed by atoms with Crippen LogP contribution in [-0.4, -0.2) is 17.0 Å². The molecule has 0 amide bonds. The van der Waals surface area contributed by atoms with Gasteiger partial charge in [0.15, 0.2) is 0 Å². The van der Waals surface area contributed by atoms with Gasteiger partial charge in [-0.1, -0.05) is 11.6 Å². The zero-order chi connectivity index (χ0) is 12.5. The first-order valence-corrected chi connectivity index (χ1v) is 5.85. The second-order valence-electron chi connectivity index (χ2n) is 4.49. The van der Waals surface area contributed by atoms with Crippen molar-refractivity contribution in [1.29, 1.82) is 0 Å². The van der Waals surface area contributed by atoms with Gasteiger partial charge in [-0.2, -0.15) is 0 Å². The SMILES string of the molecule is NC1(CNc2ccc(Cl)cc2[N+](=O)[O-])CCC1. The molecule has 1 aromatic carbocycles. The first-order valence-electron chi connectivity index (χ1n) is 5.47. The summed E-state index contributed by atoms with van der Waals surface area (Å²) in [5.74, 6) is 0. The molecular formula is C11H14ClN3O2. The summed E-state index contributed by atoms with van der Waals surface area (Å²) in [5.41, 5.74) is 6.29. The van der Waals surface area contributed by atoms with Crippen LogP contribution in [-0.2, 0) is 0 Å². The Balaban J connectivity index is 2.12. The van der Waals surface area contributed by atoms with Gasteiger partial charge < -0.3 is 11.1 Å². The Morgan fingerprint density at radius 3 is 2.76 bits per heavy atom. The summed E-state index contributed by atoms with van der Waals surface area (Å²) >= 11 is 5.73. The lowest BCUT2D eigenvalue weighted by Gasteiger charge is -2.38. The van der Waals surface area contributed by atoms with Crippen LogP contribution in [0.5, 0.6) is 0 Å². The van der Waals surface area contributed by atoms with Crippen LogP contribution in [0.4, 0.5) is 11.4 Å². The molecule has 1 aliphatic carbocycles. The molecule has 5 nitrogen and oxygen atoms in total. The van der Waals surface area contributed by atoms with Crippen LogP contribution in [0.2, 0.25) is 5.02 Å². The second-order valence-corrected chi connectivity index (χ2v) is 4.92. The molecule has 0 spiro atoms. The molecule has 3 N–H and O–H groups in total.